The molecule has 0 aliphatic heterocycles. The third-order valence-corrected chi connectivity index (χ3v) is 2.87. The lowest BCUT2D eigenvalue weighted by molar-refractivity contribution is -0.129. The number of hydrogen-bond acceptors (Lipinski definition) is 1. The lowest BCUT2D eigenvalue weighted by Gasteiger charge is -2.06. The lowest BCUT2D eigenvalue weighted by Crippen LogP contribution is -2.08. The largest absolute Gasteiger partial charge is 0.389 e. The van der Waals surface area contributed by atoms with E-state index in [1.165, 1.54) is 0 Å². The average Bonchev–Trinajstić information content (AvgIpc) is 2.19. The van der Waals surface area contributed by atoms with Gasteiger partial charge in [0.1, 0.15) is 0 Å². The molecule has 0 saturated carbocycles. The van der Waals surface area contributed by atoms with Gasteiger partial charge in [-0.05, 0) is 17.7 Å². The number of benzene rings is 1. The van der Waals surface area contributed by atoms with Crippen molar-refractivity contribution in [2.45, 2.75) is 18.3 Å². The minimum Gasteiger partial charge on any atom is -0.204 e. The third kappa shape index (κ3) is 4.89. The quantitative estimate of drug-likeness (QED) is 0.448. The van der Waals surface area contributed by atoms with Gasteiger partial charge in [-0.1, -0.05) is 0 Å². The van der Waals surface area contributed by atoms with Crippen LogP contribution < -0.4 is 0 Å². The Balaban J connectivity index is 2.48. The minimum atomic E-state index is -4.24. The van der Waals surface area contributed by atoms with E-state index in [0.29, 0.717) is 0 Å². The summed E-state index contributed by atoms with van der Waals surface area (Å²) in [5.74, 6) is -4.45. The number of thioether (sulfide) groups is 1. The molecule has 0 nitrogen and oxygen atoms in total. The first-order chi connectivity index (χ1) is 7.79. The normalized spacial score (nSPS) is 11.9. The average molecular weight is 274 g/mol. The fourth-order valence-electron chi connectivity index (χ4n) is 1.07. The van der Waals surface area contributed by atoms with Crippen molar-refractivity contribution < 1.29 is 26.3 Å². The fraction of sp³-hybridized carbons (Fsp3) is 0.400. The van der Waals surface area contributed by atoms with E-state index in [0.717, 1.165) is 23.9 Å². The van der Waals surface area contributed by atoms with Crippen LogP contribution in [0.4, 0.5) is 26.3 Å². The van der Waals surface area contributed by atoms with Gasteiger partial charge < -0.3 is 0 Å². The van der Waals surface area contributed by atoms with Gasteiger partial charge in [-0.25, -0.2) is 13.2 Å². The second-order valence-electron chi connectivity index (χ2n) is 3.29. The Morgan fingerprint density at radius 2 is 1.53 bits per heavy atom. The highest BCUT2D eigenvalue weighted by Gasteiger charge is 2.26. The molecular weight excluding hydrogens is 266 g/mol. The maximum atomic E-state index is 12.7. The zero-order valence-electron chi connectivity index (χ0n) is 8.45. The van der Waals surface area contributed by atoms with Crippen LogP contribution >= 0.6 is 11.8 Å². The Labute approximate surface area is 98.0 Å². The van der Waals surface area contributed by atoms with Gasteiger partial charge in [-0.2, -0.15) is 24.9 Å². The molecule has 0 N–H and O–H groups in total. The molecule has 7 heteroatoms. The predicted octanol–water partition coefficient (Wildman–Crippen LogP) is 4.29. The Kier molecular flexibility index (Phi) is 4.73. The van der Waals surface area contributed by atoms with E-state index < -0.39 is 30.0 Å². The molecule has 0 aliphatic rings. The lowest BCUT2D eigenvalue weighted by atomic mass is 10.2. The topological polar surface area (TPSA) is 0 Å². The van der Waals surface area contributed by atoms with Gasteiger partial charge in [-0.3, -0.25) is 0 Å². The monoisotopic (exact) mass is 274 g/mol. The molecule has 0 unspecified atom stereocenters. The van der Waals surface area contributed by atoms with E-state index in [4.69, 9.17) is 0 Å². The SMILES string of the molecule is Fc1cc(CSCCC(F)(F)F)cc(F)c1F. The molecule has 0 fully saturated rings. The summed E-state index contributed by atoms with van der Waals surface area (Å²) in [4.78, 5) is 0. The zero-order valence-corrected chi connectivity index (χ0v) is 9.27. The number of hydrogen-bond donors (Lipinski definition) is 0. The summed E-state index contributed by atoms with van der Waals surface area (Å²) in [6.07, 6.45) is -5.21. The first-order valence-electron chi connectivity index (χ1n) is 4.57. The molecule has 0 aliphatic carbocycles. The van der Waals surface area contributed by atoms with E-state index in [1.54, 1.807) is 0 Å². The van der Waals surface area contributed by atoms with E-state index in [1.807, 2.05) is 0 Å². The van der Waals surface area contributed by atoms with Crippen molar-refractivity contribution in [1.82, 2.24) is 0 Å². The van der Waals surface area contributed by atoms with Crippen molar-refractivity contribution in [2.75, 3.05) is 5.75 Å². The smallest absolute Gasteiger partial charge is 0.204 e. The van der Waals surface area contributed by atoms with Crippen molar-refractivity contribution in [3.63, 3.8) is 0 Å². The van der Waals surface area contributed by atoms with E-state index in [2.05, 4.69) is 0 Å². The van der Waals surface area contributed by atoms with E-state index >= 15 is 0 Å². The molecule has 0 aromatic heterocycles. The molecule has 96 valence electrons. The fourth-order valence-corrected chi connectivity index (χ4v) is 1.99. The highest BCUT2D eigenvalue weighted by atomic mass is 32.2. The Morgan fingerprint density at radius 1 is 1.00 bits per heavy atom. The highest BCUT2D eigenvalue weighted by molar-refractivity contribution is 7.98. The van der Waals surface area contributed by atoms with Crippen LogP contribution in [0.3, 0.4) is 0 Å². The van der Waals surface area contributed by atoms with Gasteiger partial charge in [-0.15, -0.1) is 0 Å². The summed E-state index contributed by atoms with van der Waals surface area (Å²) in [6.45, 7) is 0. The first kappa shape index (κ1) is 14.2. The molecule has 1 rings (SSSR count). The van der Waals surface area contributed by atoms with Crippen molar-refractivity contribution in [1.29, 1.82) is 0 Å². The maximum Gasteiger partial charge on any atom is 0.389 e. The first-order valence-corrected chi connectivity index (χ1v) is 5.73. The second-order valence-corrected chi connectivity index (χ2v) is 4.40. The summed E-state index contributed by atoms with van der Waals surface area (Å²) in [5, 5.41) is 0. The number of halogens is 6. The van der Waals surface area contributed by atoms with Gasteiger partial charge >= 0.3 is 6.18 Å². The second kappa shape index (κ2) is 5.66. The molecule has 1 aromatic rings. The van der Waals surface area contributed by atoms with Crippen LogP contribution in [0.1, 0.15) is 12.0 Å². The molecular formula is C10H8F6S. The molecule has 17 heavy (non-hydrogen) atoms. The molecule has 0 spiro atoms. The van der Waals surface area contributed by atoms with Gasteiger partial charge in [0.25, 0.3) is 0 Å². The summed E-state index contributed by atoms with van der Waals surface area (Å²) in [6, 6.07) is 1.55. The standard InChI is InChI=1S/C10H8F6S/c11-7-3-6(4-8(12)9(7)13)5-17-2-1-10(14,15)16/h3-4H,1-2,5H2. The zero-order chi connectivity index (χ0) is 13.1. The van der Waals surface area contributed by atoms with Crippen LogP contribution in [0.2, 0.25) is 0 Å². The van der Waals surface area contributed by atoms with Crippen molar-refractivity contribution >= 4 is 11.8 Å². The Hall–Kier alpha value is -0.850. The number of alkyl halides is 3. The van der Waals surface area contributed by atoms with Gasteiger partial charge in [0, 0.05) is 11.5 Å². The molecule has 0 atom stereocenters. The van der Waals surface area contributed by atoms with Crippen molar-refractivity contribution in [3.05, 3.63) is 35.1 Å². The summed E-state index contributed by atoms with van der Waals surface area (Å²) in [7, 11) is 0. The van der Waals surface area contributed by atoms with Crippen molar-refractivity contribution in [2.24, 2.45) is 0 Å². The third-order valence-electron chi connectivity index (χ3n) is 1.84. The summed E-state index contributed by atoms with van der Waals surface area (Å²) >= 11 is 0.881. The van der Waals surface area contributed by atoms with Gasteiger partial charge in [0.05, 0.1) is 6.42 Å². The molecule has 1 aromatic carbocycles. The van der Waals surface area contributed by atoms with Gasteiger partial charge in [0.15, 0.2) is 17.5 Å². The summed E-state index contributed by atoms with van der Waals surface area (Å²) in [5.41, 5.74) is 0.119. The number of rotatable bonds is 4. The highest BCUT2D eigenvalue weighted by Crippen LogP contribution is 2.24. The Morgan fingerprint density at radius 3 is 2.00 bits per heavy atom. The molecule has 0 bridgehead atoms. The van der Waals surface area contributed by atoms with Crippen LogP contribution in [-0.4, -0.2) is 11.9 Å². The van der Waals surface area contributed by atoms with Crippen LogP contribution in [0.15, 0.2) is 12.1 Å². The molecule has 0 saturated heterocycles. The van der Waals surface area contributed by atoms with E-state index in [-0.39, 0.29) is 17.1 Å². The molecule has 0 amide bonds. The summed E-state index contributed by atoms with van der Waals surface area (Å²) < 4.78 is 73.4. The minimum absolute atomic E-state index is 0.00417. The molecule has 0 heterocycles. The van der Waals surface area contributed by atoms with Crippen molar-refractivity contribution in [3.8, 4) is 0 Å². The van der Waals surface area contributed by atoms with Crippen LogP contribution in [0, 0.1) is 17.5 Å². The van der Waals surface area contributed by atoms with E-state index in [9.17, 15) is 26.3 Å². The van der Waals surface area contributed by atoms with Crippen LogP contribution in [0.25, 0.3) is 0 Å². The maximum absolute atomic E-state index is 12.7. The Bertz CT molecular complexity index is 364. The predicted molar refractivity (Wildman–Crippen MR) is 53.2 cm³/mol. The van der Waals surface area contributed by atoms with Gasteiger partial charge in [0.2, 0.25) is 0 Å². The molecule has 0 radical (unpaired) electrons. The van der Waals surface area contributed by atoms with Crippen LogP contribution in [-0.2, 0) is 5.75 Å². The van der Waals surface area contributed by atoms with Crippen LogP contribution in [0.5, 0.6) is 0 Å².